The molecule has 2 aromatic carbocycles. The number of urea groups is 1. The van der Waals surface area contributed by atoms with Crippen LogP contribution in [0.15, 0.2) is 60.7 Å². The number of likely N-dealkylation sites (N-methyl/N-ethyl adjacent to an activating group) is 1. The highest BCUT2D eigenvalue weighted by Gasteiger charge is 2.53. The molecule has 1 aliphatic heterocycles. The van der Waals surface area contributed by atoms with Crippen LogP contribution >= 0.6 is 0 Å². The smallest absolute Gasteiger partial charge is 0.325 e. The van der Waals surface area contributed by atoms with Crippen molar-refractivity contribution in [3.05, 3.63) is 71.8 Å². The summed E-state index contributed by atoms with van der Waals surface area (Å²) in [5.74, 6) is -0.530. The molecule has 1 heterocycles. The van der Waals surface area contributed by atoms with E-state index in [0.717, 1.165) is 41.7 Å². The molecule has 2 aromatic rings. The fraction of sp³-hybridized carbons (Fsp3) is 0.423. The van der Waals surface area contributed by atoms with Crippen LogP contribution in [0.1, 0.15) is 50.2 Å². The van der Waals surface area contributed by atoms with Crippen LogP contribution in [-0.4, -0.2) is 46.8 Å². The van der Waals surface area contributed by atoms with E-state index in [0.29, 0.717) is 13.0 Å². The molecule has 32 heavy (non-hydrogen) atoms. The Balaban J connectivity index is 1.60. The number of nitrogens with zero attached hydrogens (tertiary/aromatic N) is 2. The molecule has 168 valence electrons. The van der Waals surface area contributed by atoms with E-state index in [9.17, 15) is 14.4 Å². The van der Waals surface area contributed by atoms with Crippen molar-refractivity contribution in [2.75, 3.05) is 13.1 Å². The summed E-state index contributed by atoms with van der Waals surface area (Å²) in [6, 6.07) is 18.6. The maximum Gasteiger partial charge on any atom is 0.325 e. The second kappa shape index (κ2) is 9.55. The Morgan fingerprint density at radius 2 is 1.62 bits per heavy atom. The third-order valence-electron chi connectivity index (χ3n) is 6.72. The molecular weight excluding hydrogens is 402 g/mol. The summed E-state index contributed by atoms with van der Waals surface area (Å²) < 4.78 is 0. The minimum atomic E-state index is -1.22. The van der Waals surface area contributed by atoms with Gasteiger partial charge in [0, 0.05) is 19.0 Å². The zero-order valence-corrected chi connectivity index (χ0v) is 18.6. The van der Waals surface area contributed by atoms with Gasteiger partial charge < -0.3 is 10.2 Å². The maximum absolute atomic E-state index is 13.7. The standard InChI is InChI=1S/C26H31N3O3/c1-2-28(22-16-10-5-11-17-22)23(30)19-29-24(31)26(27-25(29)32,21-14-8-4-9-15-21)18-20-12-6-3-7-13-20/h3-4,6-9,12-15,22H,2,5,10-11,16-19H2,1H3,(H,27,32). The van der Waals surface area contributed by atoms with Gasteiger partial charge in [-0.05, 0) is 30.9 Å². The summed E-state index contributed by atoms with van der Waals surface area (Å²) in [6.07, 6.45) is 5.74. The maximum atomic E-state index is 13.7. The lowest BCUT2D eigenvalue weighted by atomic mass is 9.83. The van der Waals surface area contributed by atoms with E-state index in [1.807, 2.05) is 72.5 Å². The topological polar surface area (TPSA) is 69.7 Å². The third kappa shape index (κ3) is 4.27. The fourth-order valence-electron chi connectivity index (χ4n) is 5.07. The van der Waals surface area contributed by atoms with Gasteiger partial charge in [-0.3, -0.25) is 14.5 Å². The molecule has 6 heteroatoms. The predicted octanol–water partition coefficient (Wildman–Crippen LogP) is 3.86. The Kier molecular flexibility index (Phi) is 6.58. The molecule has 1 aliphatic carbocycles. The summed E-state index contributed by atoms with van der Waals surface area (Å²) in [7, 11) is 0. The van der Waals surface area contributed by atoms with Crippen molar-refractivity contribution in [3.8, 4) is 0 Å². The SMILES string of the molecule is CCN(C(=O)CN1C(=O)NC(Cc2ccccc2)(c2ccccc2)C1=O)C1CCCCC1. The molecular formula is C26H31N3O3. The zero-order valence-electron chi connectivity index (χ0n) is 18.6. The van der Waals surface area contributed by atoms with E-state index in [1.54, 1.807) is 0 Å². The third-order valence-corrected chi connectivity index (χ3v) is 6.72. The normalized spacial score (nSPS) is 21.5. The van der Waals surface area contributed by atoms with Gasteiger partial charge in [-0.1, -0.05) is 79.9 Å². The lowest BCUT2D eigenvalue weighted by Gasteiger charge is -2.34. The van der Waals surface area contributed by atoms with Crippen molar-refractivity contribution in [3.63, 3.8) is 0 Å². The Morgan fingerprint density at radius 1 is 1.00 bits per heavy atom. The first-order valence-corrected chi connectivity index (χ1v) is 11.6. The van der Waals surface area contributed by atoms with E-state index in [-0.39, 0.29) is 24.4 Å². The van der Waals surface area contributed by atoms with Gasteiger partial charge in [0.2, 0.25) is 5.91 Å². The average Bonchev–Trinajstić information content (AvgIpc) is 3.06. The van der Waals surface area contributed by atoms with Gasteiger partial charge in [0.05, 0.1) is 0 Å². The van der Waals surface area contributed by atoms with Crippen molar-refractivity contribution >= 4 is 17.8 Å². The first kappa shape index (κ1) is 22.1. The van der Waals surface area contributed by atoms with Crippen LogP contribution in [-0.2, 0) is 21.5 Å². The average molecular weight is 434 g/mol. The molecule has 0 radical (unpaired) electrons. The quantitative estimate of drug-likeness (QED) is 0.674. The molecule has 4 rings (SSSR count). The van der Waals surface area contributed by atoms with Crippen LogP contribution in [0.3, 0.4) is 0 Å². The monoisotopic (exact) mass is 433 g/mol. The van der Waals surface area contributed by atoms with Gasteiger partial charge in [-0.2, -0.15) is 0 Å². The number of rotatable bonds is 7. The molecule has 1 saturated heterocycles. The van der Waals surface area contributed by atoms with Crippen molar-refractivity contribution in [2.24, 2.45) is 0 Å². The molecule has 1 atom stereocenters. The molecule has 2 fully saturated rings. The number of imide groups is 1. The number of hydrogen-bond acceptors (Lipinski definition) is 3. The Labute approximate surface area is 189 Å². The van der Waals surface area contributed by atoms with Gasteiger partial charge in [-0.25, -0.2) is 4.79 Å². The largest absolute Gasteiger partial charge is 0.338 e. The number of carbonyl (C=O) groups excluding carboxylic acids is 3. The van der Waals surface area contributed by atoms with Crippen molar-refractivity contribution < 1.29 is 14.4 Å². The Hall–Kier alpha value is -3.15. The lowest BCUT2D eigenvalue weighted by molar-refractivity contribution is -0.140. The molecule has 2 aliphatic rings. The van der Waals surface area contributed by atoms with Gasteiger partial charge in [0.1, 0.15) is 6.54 Å². The lowest BCUT2D eigenvalue weighted by Crippen LogP contribution is -2.49. The number of nitrogens with one attached hydrogen (secondary N) is 1. The Bertz CT molecular complexity index is 957. The van der Waals surface area contributed by atoms with E-state index >= 15 is 0 Å². The van der Waals surface area contributed by atoms with Crippen LogP contribution in [0.25, 0.3) is 0 Å². The first-order valence-electron chi connectivity index (χ1n) is 11.6. The van der Waals surface area contributed by atoms with Gasteiger partial charge in [-0.15, -0.1) is 0 Å². The minimum Gasteiger partial charge on any atom is -0.338 e. The van der Waals surface area contributed by atoms with E-state index in [2.05, 4.69) is 5.32 Å². The number of amides is 4. The highest BCUT2D eigenvalue weighted by Crippen LogP contribution is 2.33. The molecule has 1 unspecified atom stereocenters. The molecule has 1 N–H and O–H groups in total. The minimum absolute atomic E-state index is 0.161. The molecule has 4 amide bonds. The highest BCUT2D eigenvalue weighted by atomic mass is 16.2. The predicted molar refractivity (Wildman–Crippen MR) is 123 cm³/mol. The van der Waals surface area contributed by atoms with Crippen molar-refractivity contribution in [1.29, 1.82) is 0 Å². The zero-order chi connectivity index (χ0) is 22.6. The molecule has 0 spiro atoms. The Morgan fingerprint density at radius 3 is 2.25 bits per heavy atom. The number of carbonyl (C=O) groups is 3. The van der Waals surface area contributed by atoms with Crippen LogP contribution < -0.4 is 5.32 Å². The summed E-state index contributed by atoms with van der Waals surface area (Å²) in [4.78, 5) is 42.9. The van der Waals surface area contributed by atoms with E-state index in [4.69, 9.17) is 0 Å². The van der Waals surface area contributed by atoms with Crippen molar-refractivity contribution in [2.45, 2.75) is 57.0 Å². The second-order valence-electron chi connectivity index (χ2n) is 8.73. The summed E-state index contributed by atoms with van der Waals surface area (Å²) >= 11 is 0. The van der Waals surface area contributed by atoms with Crippen LogP contribution in [0.2, 0.25) is 0 Å². The number of hydrogen-bond donors (Lipinski definition) is 1. The van der Waals surface area contributed by atoms with Crippen LogP contribution in [0, 0.1) is 0 Å². The first-order chi connectivity index (χ1) is 15.5. The fourth-order valence-corrected chi connectivity index (χ4v) is 5.07. The van der Waals surface area contributed by atoms with Crippen LogP contribution in [0.5, 0.6) is 0 Å². The second-order valence-corrected chi connectivity index (χ2v) is 8.73. The van der Waals surface area contributed by atoms with Gasteiger partial charge in [0.15, 0.2) is 5.54 Å². The number of benzene rings is 2. The van der Waals surface area contributed by atoms with Crippen LogP contribution in [0.4, 0.5) is 4.79 Å². The molecule has 0 bridgehead atoms. The molecule has 1 saturated carbocycles. The summed E-state index contributed by atoms with van der Waals surface area (Å²) in [5.41, 5.74) is 0.439. The van der Waals surface area contributed by atoms with Crippen molar-refractivity contribution in [1.82, 2.24) is 15.1 Å². The highest BCUT2D eigenvalue weighted by molar-refractivity contribution is 6.09. The summed E-state index contributed by atoms with van der Waals surface area (Å²) in [6.45, 7) is 2.32. The van der Waals surface area contributed by atoms with Gasteiger partial charge >= 0.3 is 6.03 Å². The summed E-state index contributed by atoms with van der Waals surface area (Å²) in [5, 5.41) is 2.94. The van der Waals surface area contributed by atoms with Gasteiger partial charge in [0.25, 0.3) is 5.91 Å². The van der Waals surface area contributed by atoms with E-state index < -0.39 is 11.6 Å². The molecule has 0 aromatic heterocycles. The van der Waals surface area contributed by atoms with E-state index in [1.165, 1.54) is 6.42 Å². The molecule has 6 nitrogen and oxygen atoms in total.